The van der Waals surface area contributed by atoms with Crippen LogP contribution in [0.3, 0.4) is 0 Å². The largest absolute Gasteiger partial charge is 0.496 e. The number of nitrogens with one attached hydrogen (secondary N) is 2. The topological polar surface area (TPSA) is 59.0 Å². The fraction of sp³-hybridized carbons (Fsp3) is 0.0588. The van der Waals surface area contributed by atoms with Crippen LogP contribution >= 0.6 is 12.2 Å². The summed E-state index contributed by atoms with van der Waals surface area (Å²) in [7, 11) is 1.53. The number of nitrogens with zero attached hydrogens (tertiary/aromatic N) is 1. The van der Waals surface area contributed by atoms with Gasteiger partial charge in [0, 0.05) is 0 Å². The summed E-state index contributed by atoms with van der Waals surface area (Å²) in [6.45, 7) is 0. The summed E-state index contributed by atoms with van der Waals surface area (Å²) in [5.74, 6) is 0.215. The zero-order valence-electron chi connectivity index (χ0n) is 12.4. The number of methoxy groups -OCH3 is 1. The highest BCUT2D eigenvalue weighted by atomic mass is 32.1. The standard InChI is InChI=1S/C17H15N3O2S/c1-22-15-10-6-5-9-13(15)16(21)19-20-11-14(18-17(20)23)12-7-3-2-4-8-12/h2-11H,1H3,(H,18,23)(H,19,21). The fourth-order valence-corrected chi connectivity index (χ4v) is 2.45. The normalized spacial score (nSPS) is 10.3. The Morgan fingerprint density at radius 1 is 1.13 bits per heavy atom. The van der Waals surface area contributed by atoms with Crippen molar-refractivity contribution in [2.75, 3.05) is 12.5 Å². The first kappa shape index (κ1) is 15.1. The van der Waals surface area contributed by atoms with Crippen LogP contribution in [0.5, 0.6) is 5.75 Å². The molecule has 116 valence electrons. The van der Waals surface area contributed by atoms with Crippen molar-refractivity contribution < 1.29 is 9.53 Å². The predicted molar refractivity (Wildman–Crippen MR) is 91.7 cm³/mol. The lowest BCUT2D eigenvalue weighted by atomic mass is 10.2. The molecule has 0 spiro atoms. The number of hydrogen-bond acceptors (Lipinski definition) is 3. The van der Waals surface area contributed by atoms with Gasteiger partial charge in [-0.2, -0.15) is 0 Å². The molecule has 5 nitrogen and oxygen atoms in total. The molecular weight excluding hydrogens is 310 g/mol. The first-order valence-corrected chi connectivity index (χ1v) is 7.41. The second kappa shape index (κ2) is 6.50. The Kier molecular flexibility index (Phi) is 4.25. The van der Waals surface area contributed by atoms with Gasteiger partial charge in [-0.15, -0.1) is 0 Å². The first-order chi connectivity index (χ1) is 11.2. The molecule has 0 atom stereocenters. The Hall–Kier alpha value is -2.86. The molecule has 2 N–H and O–H groups in total. The van der Waals surface area contributed by atoms with Gasteiger partial charge in [0.2, 0.25) is 0 Å². The number of imidazole rings is 1. The van der Waals surface area contributed by atoms with E-state index in [1.807, 2.05) is 36.4 Å². The van der Waals surface area contributed by atoms with Crippen LogP contribution < -0.4 is 10.2 Å². The summed E-state index contributed by atoms with van der Waals surface area (Å²) in [5, 5.41) is 0. The molecule has 23 heavy (non-hydrogen) atoms. The molecule has 0 radical (unpaired) electrons. The molecule has 2 aromatic carbocycles. The first-order valence-electron chi connectivity index (χ1n) is 7.00. The van der Waals surface area contributed by atoms with E-state index in [1.54, 1.807) is 24.4 Å². The Bertz CT molecular complexity index is 884. The van der Waals surface area contributed by atoms with Crippen LogP contribution in [0.25, 0.3) is 11.3 Å². The fourth-order valence-electron chi connectivity index (χ4n) is 2.24. The number of H-pyrrole nitrogens is 1. The molecular formula is C17H15N3O2S. The van der Waals surface area contributed by atoms with Crippen molar-refractivity contribution in [2.24, 2.45) is 0 Å². The van der Waals surface area contributed by atoms with Crippen LogP contribution in [-0.2, 0) is 0 Å². The number of aromatic amines is 1. The molecule has 0 unspecified atom stereocenters. The number of para-hydroxylation sites is 1. The van der Waals surface area contributed by atoms with E-state index < -0.39 is 0 Å². The number of rotatable bonds is 4. The second-order valence-corrected chi connectivity index (χ2v) is 5.24. The number of ether oxygens (including phenoxy) is 1. The third-order valence-electron chi connectivity index (χ3n) is 3.38. The highest BCUT2D eigenvalue weighted by molar-refractivity contribution is 7.71. The van der Waals surface area contributed by atoms with Gasteiger partial charge in [0.05, 0.1) is 24.6 Å². The third-order valence-corrected chi connectivity index (χ3v) is 3.68. The van der Waals surface area contributed by atoms with Crippen LogP contribution in [0.1, 0.15) is 10.4 Å². The zero-order valence-corrected chi connectivity index (χ0v) is 13.3. The minimum absolute atomic E-state index is 0.294. The maximum Gasteiger partial charge on any atom is 0.273 e. The number of aromatic nitrogens is 2. The number of amides is 1. The van der Waals surface area contributed by atoms with Gasteiger partial charge in [-0.25, -0.2) is 4.68 Å². The molecule has 0 aliphatic carbocycles. The second-order valence-electron chi connectivity index (χ2n) is 4.85. The maximum absolute atomic E-state index is 12.4. The Balaban J connectivity index is 1.88. The van der Waals surface area contributed by atoms with Gasteiger partial charge < -0.3 is 9.72 Å². The summed E-state index contributed by atoms with van der Waals surface area (Å²) in [4.78, 5) is 15.5. The minimum Gasteiger partial charge on any atom is -0.496 e. The van der Waals surface area contributed by atoms with E-state index in [4.69, 9.17) is 17.0 Å². The summed E-state index contributed by atoms with van der Waals surface area (Å²) >= 11 is 5.26. The summed E-state index contributed by atoms with van der Waals surface area (Å²) in [6, 6.07) is 16.8. The molecule has 1 aromatic heterocycles. The van der Waals surface area contributed by atoms with Crippen molar-refractivity contribution >= 4 is 18.1 Å². The molecule has 0 aliphatic heterocycles. The van der Waals surface area contributed by atoms with Crippen LogP contribution in [-0.4, -0.2) is 22.7 Å². The minimum atomic E-state index is -0.294. The molecule has 0 aliphatic rings. The van der Waals surface area contributed by atoms with E-state index in [9.17, 15) is 4.79 Å². The SMILES string of the molecule is COc1ccccc1C(=O)Nn1cc(-c2ccccc2)[nH]c1=S. The van der Waals surface area contributed by atoms with Gasteiger partial charge in [0.1, 0.15) is 5.75 Å². The van der Waals surface area contributed by atoms with Gasteiger partial charge >= 0.3 is 0 Å². The van der Waals surface area contributed by atoms with Crippen molar-refractivity contribution in [3.05, 3.63) is 71.1 Å². The number of carbonyl (C=O) groups excluding carboxylic acids is 1. The molecule has 0 saturated carbocycles. The van der Waals surface area contributed by atoms with Gasteiger partial charge in [-0.1, -0.05) is 42.5 Å². The lowest BCUT2D eigenvalue weighted by molar-refractivity contribution is 0.100. The van der Waals surface area contributed by atoms with Gasteiger partial charge in [0.25, 0.3) is 5.91 Å². The van der Waals surface area contributed by atoms with E-state index in [1.165, 1.54) is 11.8 Å². The number of carbonyl (C=O) groups is 1. The molecule has 1 amide bonds. The predicted octanol–water partition coefficient (Wildman–Crippen LogP) is 3.61. The van der Waals surface area contributed by atoms with E-state index in [0.717, 1.165) is 11.3 Å². The van der Waals surface area contributed by atoms with Crippen LogP contribution in [0.2, 0.25) is 0 Å². The molecule has 3 rings (SSSR count). The average molecular weight is 325 g/mol. The zero-order chi connectivity index (χ0) is 16.2. The van der Waals surface area contributed by atoms with Crippen molar-refractivity contribution in [1.82, 2.24) is 9.66 Å². The monoisotopic (exact) mass is 325 g/mol. The van der Waals surface area contributed by atoms with E-state index in [0.29, 0.717) is 16.1 Å². The molecule has 0 saturated heterocycles. The number of hydrogen-bond donors (Lipinski definition) is 2. The van der Waals surface area contributed by atoms with E-state index in [2.05, 4.69) is 10.4 Å². The van der Waals surface area contributed by atoms with Gasteiger partial charge in [-0.05, 0) is 29.9 Å². The molecule has 0 bridgehead atoms. The molecule has 3 aromatic rings. The molecule has 6 heteroatoms. The Labute approximate surface area is 138 Å². The molecule has 1 heterocycles. The summed E-state index contributed by atoms with van der Waals surface area (Å²) in [6.07, 6.45) is 1.75. The molecule has 0 fully saturated rings. The lowest BCUT2D eigenvalue weighted by Gasteiger charge is -2.09. The van der Waals surface area contributed by atoms with E-state index in [-0.39, 0.29) is 5.91 Å². The third kappa shape index (κ3) is 3.17. The smallest absolute Gasteiger partial charge is 0.273 e. The van der Waals surface area contributed by atoms with Crippen molar-refractivity contribution in [3.63, 3.8) is 0 Å². The maximum atomic E-state index is 12.4. The van der Waals surface area contributed by atoms with Crippen LogP contribution in [0.4, 0.5) is 0 Å². The van der Waals surface area contributed by atoms with Crippen LogP contribution in [0, 0.1) is 4.77 Å². The van der Waals surface area contributed by atoms with Crippen LogP contribution in [0.15, 0.2) is 60.8 Å². The Morgan fingerprint density at radius 3 is 2.57 bits per heavy atom. The van der Waals surface area contributed by atoms with Crippen molar-refractivity contribution in [3.8, 4) is 17.0 Å². The highest BCUT2D eigenvalue weighted by Crippen LogP contribution is 2.19. The Morgan fingerprint density at radius 2 is 1.83 bits per heavy atom. The summed E-state index contributed by atoms with van der Waals surface area (Å²) < 4.78 is 7.11. The van der Waals surface area contributed by atoms with Crippen molar-refractivity contribution in [2.45, 2.75) is 0 Å². The van der Waals surface area contributed by atoms with Crippen molar-refractivity contribution in [1.29, 1.82) is 0 Å². The number of benzene rings is 2. The average Bonchev–Trinajstić information content (AvgIpc) is 2.96. The van der Waals surface area contributed by atoms with Gasteiger partial charge in [0.15, 0.2) is 4.77 Å². The summed E-state index contributed by atoms with van der Waals surface area (Å²) in [5.41, 5.74) is 5.02. The van der Waals surface area contributed by atoms with E-state index >= 15 is 0 Å². The highest BCUT2D eigenvalue weighted by Gasteiger charge is 2.12. The lowest BCUT2D eigenvalue weighted by Crippen LogP contribution is -2.22. The quantitative estimate of drug-likeness (QED) is 0.721. The van der Waals surface area contributed by atoms with Gasteiger partial charge in [-0.3, -0.25) is 10.2 Å².